The second-order valence-corrected chi connectivity index (χ2v) is 6.93. The zero-order chi connectivity index (χ0) is 16.7. The van der Waals surface area contributed by atoms with Gasteiger partial charge < -0.3 is 15.0 Å². The Kier molecular flexibility index (Phi) is 4.04. The standard InChI is InChI=1S/C18H23BN2O2/c1-17(2)18(3,4)23-19(22-17)15(12-20)11-14-8-5-7-13-9-6-10-21-16(13)14/h5-11H,12,20H2,1-4H3. The summed E-state index contributed by atoms with van der Waals surface area (Å²) in [5.41, 5.74) is 8.13. The van der Waals surface area contributed by atoms with E-state index in [0.717, 1.165) is 21.9 Å². The molecule has 1 fully saturated rings. The zero-order valence-electron chi connectivity index (χ0n) is 14.2. The first-order chi connectivity index (χ1) is 10.8. The minimum absolute atomic E-state index is 0.372. The average Bonchev–Trinajstić information content (AvgIpc) is 2.73. The van der Waals surface area contributed by atoms with Gasteiger partial charge in [0.1, 0.15) is 0 Å². The maximum atomic E-state index is 6.11. The van der Waals surface area contributed by atoms with Gasteiger partial charge in [0.25, 0.3) is 0 Å². The highest BCUT2D eigenvalue weighted by molar-refractivity contribution is 6.56. The van der Waals surface area contributed by atoms with Crippen LogP contribution in [0.2, 0.25) is 0 Å². The van der Waals surface area contributed by atoms with Crippen molar-refractivity contribution in [3.63, 3.8) is 0 Å². The molecule has 0 saturated carbocycles. The molecule has 0 aliphatic carbocycles. The van der Waals surface area contributed by atoms with E-state index in [0.29, 0.717) is 6.54 Å². The van der Waals surface area contributed by atoms with Crippen molar-refractivity contribution in [2.75, 3.05) is 6.54 Å². The molecular weight excluding hydrogens is 287 g/mol. The highest BCUT2D eigenvalue weighted by Gasteiger charge is 2.52. The molecular formula is C18H23BN2O2. The summed E-state index contributed by atoms with van der Waals surface area (Å²) in [5.74, 6) is 0. The fourth-order valence-electron chi connectivity index (χ4n) is 2.66. The number of hydrogen-bond acceptors (Lipinski definition) is 4. The normalized spacial score (nSPS) is 20.2. The molecule has 2 aromatic rings. The second-order valence-electron chi connectivity index (χ2n) is 6.93. The van der Waals surface area contributed by atoms with E-state index in [-0.39, 0.29) is 11.2 Å². The van der Waals surface area contributed by atoms with Crippen molar-refractivity contribution in [2.24, 2.45) is 5.73 Å². The Labute approximate surface area is 137 Å². The van der Waals surface area contributed by atoms with Crippen LogP contribution in [0.4, 0.5) is 0 Å². The van der Waals surface area contributed by atoms with Crippen LogP contribution in [0.5, 0.6) is 0 Å². The Hall–Kier alpha value is -1.69. The molecule has 4 nitrogen and oxygen atoms in total. The fourth-order valence-corrected chi connectivity index (χ4v) is 2.66. The first kappa shape index (κ1) is 16.2. The number of hydrogen-bond donors (Lipinski definition) is 1. The Bertz CT molecular complexity index is 734. The van der Waals surface area contributed by atoms with Gasteiger partial charge in [-0.3, -0.25) is 4.98 Å². The first-order valence-corrected chi connectivity index (χ1v) is 7.94. The van der Waals surface area contributed by atoms with Gasteiger partial charge in [-0.15, -0.1) is 0 Å². The van der Waals surface area contributed by atoms with Gasteiger partial charge in [-0.25, -0.2) is 0 Å². The predicted octanol–water partition coefficient (Wildman–Crippen LogP) is 3.21. The fraction of sp³-hybridized carbons (Fsp3) is 0.389. The molecule has 3 rings (SSSR count). The van der Waals surface area contributed by atoms with Gasteiger partial charge in [0, 0.05) is 23.7 Å². The van der Waals surface area contributed by atoms with Crippen molar-refractivity contribution in [1.82, 2.24) is 4.98 Å². The molecule has 2 N–H and O–H groups in total. The van der Waals surface area contributed by atoms with E-state index in [1.807, 2.05) is 52.0 Å². The van der Waals surface area contributed by atoms with Crippen molar-refractivity contribution in [1.29, 1.82) is 0 Å². The second kappa shape index (κ2) is 5.75. The molecule has 1 saturated heterocycles. The number of pyridine rings is 1. The van der Waals surface area contributed by atoms with Crippen molar-refractivity contribution in [3.8, 4) is 0 Å². The summed E-state index contributed by atoms with van der Waals surface area (Å²) >= 11 is 0. The monoisotopic (exact) mass is 310 g/mol. The molecule has 1 aromatic heterocycles. The predicted molar refractivity (Wildman–Crippen MR) is 94.9 cm³/mol. The largest absolute Gasteiger partial charge is 0.491 e. The van der Waals surface area contributed by atoms with Gasteiger partial charge in [-0.05, 0) is 39.2 Å². The lowest BCUT2D eigenvalue weighted by molar-refractivity contribution is 0.00578. The third-order valence-electron chi connectivity index (χ3n) is 4.80. The summed E-state index contributed by atoms with van der Waals surface area (Å²) < 4.78 is 12.2. The zero-order valence-corrected chi connectivity index (χ0v) is 14.2. The molecule has 0 amide bonds. The Morgan fingerprint density at radius 3 is 2.43 bits per heavy atom. The molecule has 1 aromatic carbocycles. The van der Waals surface area contributed by atoms with E-state index < -0.39 is 7.12 Å². The molecule has 1 aliphatic heterocycles. The molecule has 5 heteroatoms. The molecule has 0 unspecified atom stereocenters. The van der Waals surface area contributed by atoms with Crippen LogP contribution in [0.1, 0.15) is 33.3 Å². The minimum atomic E-state index is -0.427. The lowest BCUT2D eigenvalue weighted by Gasteiger charge is -2.32. The number of nitrogens with two attached hydrogens (primary N) is 1. The summed E-state index contributed by atoms with van der Waals surface area (Å²) in [6.07, 6.45) is 3.84. The number of para-hydroxylation sites is 1. The molecule has 0 bridgehead atoms. The lowest BCUT2D eigenvalue weighted by atomic mass is 9.77. The first-order valence-electron chi connectivity index (χ1n) is 7.94. The van der Waals surface area contributed by atoms with Crippen molar-refractivity contribution in [2.45, 2.75) is 38.9 Å². The number of rotatable bonds is 3. The van der Waals surface area contributed by atoms with Gasteiger partial charge in [-0.1, -0.05) is 30.3 Å². The third-order valence-corrected chi connectivity index (χ3v) is 4.80. The van der Waals surface area contributed by atoms with Crippen LogP contribution in [-0.4, -0.2) is 29.8 Å². The van der Waals surface area contributed by atoms with Gasteiger partial charge in [0.2, 0.25) is 0 Å². The summed E-state index contributed by atoms with van der Waals surface area (Å²) in [4.78, 5) is 4.49. The van der Waals surface area contributed by atoms with Crippen LogP contribution in [0.3, 0.4) is 0 Å². The van der Waals surface area contributed by atoms with E-state index in [1.165, 1.54) is 0 Å². The Morgan fingerprint density at radius 2 is 1.78 bits per heavy atom. The van der Waals surface area contributed by atoms with Gasteiger partial charge in [0.05, 0.1) is 16.7 Å². The molecule has 0 atom stereocenters. The van der Waals surface area contributed by atoms with E-state index in [4.69, 9.17) is 15.0 Å². The minimum Gasteiger partial charge on any atom is -0.400 e. The quantitative estimate of drug-likeness (QED) is 0.885. The van der Waals surface area contributed by atoms with E-state index >= 15 is 0 Å². The van der Waals surface area contributed by atoms with E-state index in [2.05, 4.69) is 17.1 Å². The number of fused-ring (bicyclic) bond motifs is 1. The highest BCUT2D eigenvalue weighted by Crippen LogP contribution is 2.38. The Morgan fingerprint density at radius 1 is 1.13 bits per heavy atom. The van der Waals surface area contributed by atoms with E-state index in [9.17, 15) is 0 Å². The average molecular weight is 310 g/mol. The van der Waals surface area contributed by atoms with Crippen LogP contribution in [0.15, 0.2) is 42.0 Å². The van der Waals surface area contributed by atoms with Crippen LogP contribution in [-0.2, 0) is 9.31 Å². The molecule has 2 heterocycles. The number of aromatic nitrogens is 1. The van der Waals surface area contributed by atoms with Crippen molar-refractivity contribution in [3.05, 3.63) is 47.6 Å². The molecule has 0 spiro atoms. The molecule has 1 aliphatic rings. The smallest absolute Gasteiger partial charge is 0.400 e. The summed E-state index contributed by atoms with van der Waals surface area (Å²) in [7, 11) is -0.427. The van der Waals surface area contributed by atoms with Crippen molar-refractivity contribution >= 4 is 24.1 Å². The van der Waals surface area contributed by atoms with Gasteiger partial charge in [-0.2, -0.15) is 0 Å². The summed E-state index contributed by atoms with van der Waals surface area (Å²) in [6, 6.07) is 10.1. The summed E-state index contributed by atoms with van der Waals surface area (Å²) in [6.45, 7) is 8.54. The summed E-state index contributed by atoms with van der Waals surface area (Å²) in [5, 5.41) is 1.10. The lowest BCUT2D eigenvalue weighted by Crippen LogP contribution is -2.41. The topological polar surface area (TPSA) is 57.4 Å². The maximum Gasteiger partial charge on any atom is 0.491 e. The maximum absolute atomic E-state index is 6.11. The van der Waals surface area contributed by atoms with E-state index in [1.54, 1.807) is 6.20 Å². The number of nitrogens with zero attached hydrogens (tertiary/aromatic N) is 1. The van der Waals surface area contributed by atoms with Crippen LogP contribution < -0.4 is 5.73 Å². The molecule has 0 radical (unpaired) electrons. The van der Waals surface area contributed by atoms with Crippen LogP contribution >= 0.6 is 0 Å². The SMILES string of the molecule is CC1(C)OB(C(=Cc2cccc3cccnc23)CN)OC1(C)C. The van der Waals surface area contributed by atoms with Gasteiger partial charge >= 0.3 is 7.12 Å². The van der Waals surface area contributed by atoms with Gasteiger partial charge in [0.15, 0.2) is 0 Å². The van der Waals surface area contributed by atoms with Crippen LogP contribution in [0.25, 0.3) is 17.0 Å². The molecule has 120 valence electrons. The third kappa shape index (κ3) is 2.92. The van der Waals surface area contributed by atoms with Crippen LogP contribution in [0, 0.1) is 0 Å². The highest BCUT2D eigenvalue weighted by atomic mass is 16.7. The van der Waals surface area contributed by atoms with Crippen molar-refractivity contribution < 1.29 is 9.31 Å². The molecule has 23 heavy (non-hydrogen) atoms. The number of benzene rings is 1. The Balaban J connectivity index is 1.99.